The van der Waals surface area contributed by atoms with Crippen LogP contribution in [0.3, 0.4) is 0 Å². The van der Waals surface area contributed by atoms with Crippen molar-refractivity contribution in [2.75, 3.05) is 0 Å². The molecule has 0 amide bonds. The van der Waals surface area contributed by atoms with E-state index in [1.807, 2.05) is 6.92 Å². The number of pyridine rings is 2. The van der Waals surface area contributed by atoms with Crippen LogP contribution in [0.4, 0.5) is 8.78 Å². The van der Waals surface area contributed by atoms with Crippen molar-refractivity contribution >= 4 is 21.1 Å². The Bertz CT molecular complexity index is 1080. The summed E-state index contributed by atoms with van der Waals surface area (Å²) < 4.78 is 54.3. The Hall–Kier alpha value is -2.39. The highest BCUT2D eigenvalue weighted by Gasteiger charge is 2.21. The lowest BCUT2D eigenvalue weighted by molar-refractivity contribution is 0.147. The average molecular weight is 437 g/mol. The van der Waals surface area contributed by atoms with E-state index in [4.69, 9.17) is 0 Å². The Morgan fingerprint density at radius 1 is 1.10 bits per heavy atom. The number of alkyl halides is 2. The van der Waals surface area contributed by atoms with Gasteiger partial charge < -0.3 is 4.98 Å². The Kier molecular flexibility index (Phi) is 7.14. The second-order valence-corrected chi connectivity index (χ2v) is 8.94. The van der Waals surface area contributed by atoms with Crippen molar-refractivity contribution in [1.82, 2.24) is 19.7 Å². The molecule has 162 valence electrons. The predicted octanol–water partition coefficient (Wildman–Crippen LogP) is 5.20. The zero-order chi connectivity index (χ0) is 21.7. The van der Waals surface area contributed by atoms with Crippen molar-refractivity contribution in [1.29, 1.82) is 0 Å². The van der Waals surface area contributed by atoms with E-state index in [-0.39, 0.29) is 16.8 Å². The topological polar surface area (TPSA) is 87.7 Å². The molecule has 1 atom stereocenters. The number of fused-ring (bicyclic) bond motifs is 1. The van der Waals surface area contributed by atoms with Crippen LogP contribution in [0.5, 0.6) is 0 Å². The molecule has 6 nitrogen and oxygen atoms in total. The van der Waals surface area contributed by atoms with E-state index in [1.165, 1.54) is 24.5 Å². The van der Waals surface area contributed by atoms with Crippen molar-refractivity contribution in [3.05, 3.63) is 42.4 Å². The molecular formula is C21H26F2N4O2S. The first kappa shape index (κ1) is 22.3. The number of halogens is 2. The van der Waals surface area contributed by atoms with Crippen LogP contribution in [0.25, 0.3) is 22.2 Å². The van der Waals surface area contributed by atoms with Crippen LogP contribution in [-0.4, -0.2) is 29.4 Å². The molecule has 2 N–H and O–H groups in total. The van der Waals surface area contributed by atoms with Gasteiger partial charge in [0.15, 0.2) is 5.03 Å². The molecule has 0 aliphatic heterocycles. The zero-order valence-corrected chi connectivity index (χ0v) is 17.8. The SMILES string of the molecule is CCCCC(CCC)NS(=O)(=O)c1ccc(-c2ccnc3[nH]c(C(F)F)cc23)cn1. The van der Waals surface area contributed by atoms with Crippen LogP contribution < -0.4 is 4.72 Å². The van der Waals surface area contributed by atoms with Gasteiger partial charge >= 0.3 is 0 Å². The fourth-order valence-electron chi connectivity index (χ4n) is 3.46. The molecule has 0 saturated carbocycles. The van der Waals surface area contributed by atoms with Gasteiger partial charge in [0.05, 0.1) is 5.69 Å². The molecule has 9 heteroatoms. The van der Waals surface area contributed by atoms with Gasteiger partial charge in [0.2, 0.25) is 0 Å². The third-order valence-electron chi connectivity index (χ3n) is 4.98. The number of hydrogen-bond donors (Lipinski definition) is 2. The zero-order valence-electron chi connectivity index (χ0n) is 17.0. The molecule has 3 aromatic heterocycles. The van der Waals surface area contributed by atoms with E-state index in [1.54, 1.807) is 12.1 Å². The standard InChI is InChI=1S/C21H26F2N4O2S/c1-3-5-7-15(6-4-2)27-30(28,29)19-9-8-14(13-25-19)16-10-11-24-21-17(16)12-18(26-21)20(22)23/h8-13,15,20,27H,3-7H2,1-2H3,(H,24,26). The largest absolute Gasteiger partial charge is 0.338 e. The summed E-state index contributed by atoms with van der Waals surface area (Å²) >= 11 is 0. The number of sulfonamides is 1. The molecule has 0 fully saturated rings. The summed E-state index contributed by atoms with van der Waals surface area (Å²) in [7, 11) is -3.74. The smallest absolute Gasteiger partial charge is 0.278 e. The number of rotatable bonds is 10. The number of nitrogens with zero attached hydrogens (tertiary/aromatic N) is 2. The number of nitrogens with one attached hydrogen (secondary N) is 2. The summed E-state index contributed by atoms with van der Waals surface area (Å²) in [6.45, 7) is 4.10. The highest BCUT2D eigenvalue weighted by Crippen LogP contribution is 2.30. The van der Waals surface area contributed by atoms with Gasteiger partial charge in [0.25, 0.3) is 16.4 Å². The molecule has 0 aliphatic rings. The van der Waals surface area contributed by atoms with Gasteiger partial charge in [-0.3, -0.25) is 0 Å². The number of aromatic nitrogens is 3. The van der Waals surface area contributed by atoms with Crippen LogP contribution in [0.2, 0.25) is 0 Å². The molecule has 1 unspecified atom stereocenters. The molecular weight excluding hydrogens is 410 g/mol. The van der Waals surface area contributed by atoms with Gasteiger partial charge in [-0.15, -0.1) is 0 Å². The van der Waals surface area contributed by atoms with E-state index in [0.29, 0.717) is 22.2 Å². The summed E-state index contributed by atoms with van der Waals surface area (Å²) in [6, 6.07) is 6.00. The second-order valence-electron chi connectivity index (χ2n) is 7.28. The summed E-state index contributed by atoms with van der Waals surface area (Å²) in [6.07, 6.45) is 4.73. The van der Waals surface area contributed by atoms with Crippen LogP contribution in [0.1, 0.15) is 58.1 Å². The molecule has 0 spiro atoms. The maximum absolute atomic E-state index is 13.0. The van der Waals surface area contributed by atoms with Crippen LogP contribution in [0, 0.1) is 0 Å². The molecule has 0 saturated heterocycles. The van der Waals surface area contributed by atoms with Gasteiger partial charge in [-0.1, -0.05) is 33.1 Å². The van der Waals surface area contributed by atoms with Crippen molar-refractivity contribution < 1.29 is 17.2 Å². The van der Waals surface area contributed by atoms with Gasteiger partial charge in [-0.2, -0.15) is 0 Å². The number of hydrogen-bond acceptors (Lipinski definition) is 4. The van der Waals surface area contributed by atoms with Crippen molar-refractivity contribution in [3.8, 4) is 11.1 Å². The lowest BCUT2D eigenvalue weighted by Gasteiger charge is -2.17. The number of unbranched alkanes of at least 4 members (excludes halogenated alkanes) is 1. The molecule has 0 bridgehead atoms. The van der Waals surface area contributed by atoms with E-state index < -0.39 is 16.4 Å². The Morgan fingerprint density at radius 2 is 1.90 bits per heavy atom. The minimum absolute atomic E-state index is 0.0588. The third-order valence-corrected chi connectivity index (χ3v) is 6.41. The lowest BCUT2D eigenvalue weighted by Crippen LogP contribution is -2.35. The van der Waals surface area contributed by atoms with Gasteiger partial charge in [-0.25, -0.2) is 31.9 Å². The monoisotopic (exact) mass is 436 g/mol. The molecule has 3 rings (SSSR count). The first-order valence-corrected chi connectivity index (χ1v) is 11.6. The molecule has 0 aromatic carbocycles. The molecule has 3 aromatic rings. The number of H-pyrrole nitrogens is 1. The van der Waals surface area contributed by atoms with Gasteiger partial charge in [0, 0.05) is 29.4 Å². The van der Waals surface area contributed by atoms with Crippen LogP contribution in [-0.2, 0) is 10.0 Å². The molecule has 0 aliphatic carbocycles. The maximum Gasteiger partial charge on any atom is 0.278 e. The highest BCUT2D eigenvalue weighted by molar-refractivity contribution is 7.89. The van der Waals surface area contributed by atoms with E-state index in [0.717, 1.165) is 32.1 Å². The quantitative estimate of drug-likeness (QED) is 0.457. The van der Waals surface area contributed by atoms with E-state index in [9.17, 15) is 17.2 Å². The minimum Gasteiger partial charge on any atom is -0.338 e. The highest BCUT2D eigenvalue weighted by atomic mass is 32.2. The van der Waals surface area contributed by atoms with Crippen molar-refractivity contribution in [3.63, 3.8) is 0 Å². The lowest BCUT2D eigenvalue weighted by atomic mass is 10.1. The summed E-state index contributed by atoms with van der Waals surface area (Å²) in [4.78, 5) is 10.8. The van der Waals surface area contributed by atoms with Gasteiger partial charge in [0.1, 0.15) is 5.65 Å². The fourth-order valence-corrected chi connectivity index (χ4v) is 4.69. The second kappa shape index (κ2) is 9.61. The molecule has 3 heterocycles. The maximum atomic E-state index is 13.0. The summed E-state index contributed by atoms with van der Waals surface area (Å²) in [5.41, 5.74) is 1.41. The van der Waals surface area contributed by atoms with E-state index in [2.05, 4.69) is 26.6 Å². The van der Waals surface area contributed by atoms with Crippen molar-refractivity contribution in [2.45, 2.75) is 63.4 Å². The minimum atomic E-state index is -3.74. The average Bonchev–Trinajstić information content (AvgIpc) is 3.17. The Labute approximate surface area is 175 Å². The van der Waals surface area contributed by atoms with Crippen molar-refractivity contribution in [2.24, 2.45) is 0 Å². The third kappa shape index (κ3) is 5.02. The van der Waals surface area contributed by atoms with E-state index >= 15 is 0 Å². The Morgan fingerprint density at radius 3 is 2.53 bits per heavy atom. The normalized spacial score (nSPS) is 13.2. The summed E-state index contributed by atoms with van der Waals surface area (Å²) in [5, 5.41) is 0.474. The predicted molar refractivity (Wildman–Crippen MR) is 113 cm³/mol. The molecule has 0 radical (unpaired) electrons. The fraction of sp³-hybridized carbons (Fsp3) is 0.429. The Balaban J connectivity index is 1.86. The first-order valence-electron chi connectivity index (χ1n) is 10.1. The first-order chi connectivity index (χ1) is 14.4. The molecule has 30 heavy (non-hydrogen) atoms. The number of aromatic amines is 1. The van der Waals surface area contributed by atoms with Crippen LogP contribution >= 0.6 is 0 Å². The van der Waals surface area contributed by atoms with Crippen LogP contribution in [0.15, 0.2) is 41.7 Å². The summed E-state index contributed by atoms with van der Waals surface area (Å²) in [5.74, 6) is 0. The van der Waals surface area contributed by atoms with Gasteiger partial charge in [-0.05, 0) is 42.7 Å².